The van der Waals surface area contributed by atoms with Gasteiger partial charge in [0.25, 0.3) is 5.91 Å². The van der Waals surface area contributed by atoms with E-state index in [-0.39, 0.29) is 59.2 Å². The smallest absolute Gasteiger partial charge is 0.433 e. The van der Waals surface area contributed by atoms with E-state index in [1.807, 2.05) is 0 Å². The van der Waals surface area contributed by atoms with Crippen LogP contribution in [-0.2, 0) is 11.0 Å². The van der Waals surface area contributed by atoms with Gasteiger partial charge in [-0.3, -0.25) is 19.1 Å². The summed E-state index contributed by atoms with van der Waals surface area (Å²) in [7, 11) is 1.40. The second-order valence-electron chi connectivity index (χ2n) is 12.5. The number of carboxylic acids is 1. The third kappa shape index (κ3) is 6.56. The third-order valence-electron chi connectivity index (χ3n) is 8.53. The summed E-state index contributed by atoms with van der Waals surface area (Å²) >= 11 is 12.6. The monoisotopic (exact) mass is 631 g/mol. The van der Waals surface area contributed by atoms with E-state index in [9.17, 15) is 32.7 Å². The first kappa shape index (κ1) is 32.1. The molecule has 8 nitrogen and oxygen atoms in total. The van der Waals surface area contributed by atoms with Crippen LogP contribution >= 0.6 is 23.2 Å². The number of hydrogen-bond acceptors (Lipinski definition) is 5. The first-order valence-corrected chi connectivity index (χ1v) is 14.4. The second kappa shape index (κ2) is 11.7. The highest BCUT2D eigenvalue weighted by molar-refractivity contribution is 6.40. The topological polar surface area (TPSA) is 102 Å². The Morgan fingerprint density at radius 2 is 1.69 bits per heavy atom. The highest BCUT2D eigenvalue weighted by Gasteiger charge is 2.46. The Kier molecular flexibility index (Phi) is 8.96. The van der Waals surface area contributed by atoms with Crippen molar-refractivity contribution >= 4 is 40.9 Å². The number of aliphatic carboxylic acids is 1. The second-order valence-corrected chi connectivity index (χ2v) is 13.3. The quantitative estimate of drug-likeness (QED) is 0.294. The van der Waals surface area contributed by atoms with Gasteiger partial charge in [-0.05, 0) is 68.9 Å². The summed E-state index contributed by atoms with van der Waals surface area (Å²) in [6.45, 7) is 5.23. The maximum atomic E-state index is 14.5. The molecule has 0 spiro atoms. The summed E-state index contributed by atoms with van der Waals surface area (Å²) in [5.41, 5.74) is -2.92. The third-order valence-corrected chi connectivity index (χ3v) is 9.12. The minimum Gasteiger partial charge on any atom is -0.497 e. The molecule has 1 N–H and O–H groups in total. The predicted octanol–water partition coefficient (Wildman–Crippen LogP) is 7.18. The number of amides is 1. The van der Waals surface area contributed by atoms with Gasteiger partial charge in [-0.2, -0.15) is 18.3 Å². The zero-order valence-electron chi connectivity index (χ0n) is 23.9. The minimum atomic E-state index is -4.92. The lowest BCUT2D eigenvalue weighted by molar-refractivity contribution is -0.152. The minimum absolute atomic E-state index is 0.00372. The van der Waals surface area contributed by atoms with Crippen LogP contribution < -0.4 is 4.74 Å². The Morgan fingerprint density at radius 1 is 1.12 bits per heavy atom. The fourth-order valence-electron chi connectivity index (χ4n) is 6.30. The van der Waals surface area contributed by atoms with Crippen molar-refractivity contribution in [3.8, 4) is 5.75 Å². The zero-order chi connectivity index (χ0) is 31.2. The fourth-order valence-corrected chi connectivity index (χ4v) is 6.97. The molecule has 0 unspecified atom stereocenters. The molecule has 2 fully saturated rings. The molecular weight excluding hydrogens is 598 g/mol. The van der Waals surface area contributed by atoms with Crippen LogP contribution in [0.25, 0.3) is 0 Å². The van der Waals surface area contributed by atoms with Crippen molar-refractivity contribution < 1.29 is 37.4 Å². The predicted molar refractivity (Wildman–Crippen MR) is 150 cm³/mol. The molecule has 2 aliphatic rings. The molecule has 2 aromatic rings. The van der Waals surface area contributed by atoms with Crippen molar-refractivity contribution in [1.82, 2.24) is 14.7 Å². The van der Waals surface area contributed by atoms with E-state index in [1.54, 1.807) is 6.92 Å². The number of ketones is 1. The van der Waals surface area contributed by atoms with Gasteiger partial charge in [-0.25, -0.2) is 0 Å². The molecule has 1 heterocycles. The molecule has 13 heteroatoms. The number of carboxylic acid groups (broad SMARTS) is 1. The molecule has 0 saturated heterocycles. The largest absolute Gasteiger partial charge is 0.497 e. The summed E-state index contributed by atoms with van der Waals surface area (Å²) in [5, 5.41) is 13.5. The van der Waals surface area contributed by atoms with Gasteiger partial charge in [-0.15, -0.1) is 0 Å². The van der Waals surface area contributed by atoms with Crippen LogP contribution in [0, 0.1) is 16.7 Å². The molecule has 1 aromatic heterocycles. The Balaban J connectivity index is 1.66. The van der Waals surface area contributed by atoms with Gasteiger partial charge in [0, 0.05) is 6.54 Å². The number of halogens is 5. The summed E-state index contributed by atoms with van der Waals surface area (Å²) < 4.78 is 49.4. The van der Waals surface area contributed by atoms with E-state index in [1.165, 1.54) is 19.2 Å². The number of hydrogen-bond donors (Lipinski definition) is 1. The molecular formula is C29H34Cl2F3N3O5. The van der Waals surface area contributed by atoms with Crippen LogP contribution in [0.15, 0.2) is 18.3 Å². The standard InChI is InChI=1S/C29H34Cl2F3N3O5/c1-27(2)11-16(12-27)14-36(15-22(38)23-20(30)9-18(42-4)10-21(23)31)25(39)19-13-35-37(24(19)29(32,33)34)17-5-7-28(3,8-6-17)26(40)41/h9-10,13,16-17H,5-8,11-12,14-15H2,1-4H3,(H,40,41)/t17-,28-. The van der Waals surface area contributed by atoms with Crippen molar-refractivity contribution in [2.75, 3.05) is 20.2 Å². The molecule has 0 atom stereocenters. The van der Waals surface area contributed by atoms with Crippen LogP contribution in [0.3, 0.4) is 0 Å². The molecule has 230 valence electrons. The molecule has 0 radical (unpaired) electrons. The average Bonchev–Trinajstić information content (AvgIpc) is 3.32. The highest BCUT2D eigenvalue weighted by atomic mass is 35.5. The van der Waals surface area contributed by atoms with Crippen LogP contribution in [0.5, 0.6) is 5.75 Å². The lowest BCUT2D eigenvalue weighted by Crippen LogP contribution is -2.45. The van der Waals surface area contributed by atoms with E-state index < -0.39 is 53.1 Å². The average molecular weight is 633 g/mol. The van der Waals surface area contributed by atoms with Gasteiger partial charge in [0.05, 0.1) is 52.5 Å². The normalized spacial score (nSPS) is 22.4. The molecule has 1 aromatic carbocycles. The van der Waals surface area contributed by atoms with Gasteiger partial charge < -0.3 is 14.7 Å². The van der Waals surface area contributed by atoms with Crippen LogP contribution in [0.1, 0.15) is 91.7 Å². The molecule has 2 saturated carbocycles. The van der Waals surface area contributed by atoms with Crippen LogP contribution in [0.4, 0.5) is 13.2 Å². The van der Waals surface area contributed by atoms with Crippen LogP contribution in [-0.4, -0.2) is 57.6 Å². The first-order chi connectivity index (χ1) is 19.5. The molecule has 1 amide bonds. The Labute approximate surface area is 252 Å². The van der Waals surface area contributed by atoms with Gasteiger partial charge >= 0.3 is 12.1 Å². The maximum Gasteiger partial charge on any atom is 0.433 e. The molecule has 42 heavy (non-hydrogen) atoms. The first-order valence-electron chi connectivity index (χ1n) is 13.7. The zero-order valence-corrected chi connectivity index (χ0v) is 25.4. The summed E-state index contributed by atoms with van der Waals surface area (Å²) in [4.78, 5) is 40.0. The summed E-state index contributed by atoms with van der Waals surface area (Å²) in [6.07, 6.45) is -1.87. The molecule has 0 bridgehead atoms. The van der Waals surface area contributed by atoms with Gasteiger partial charge in [0.15, 0.2) is 11.5 Å². The number of carbonyl (C=O) groups excluding carboxylic acids is 2. The molecule has 0 aliphatic heterocycles. The SMILES string of the molecule is COc1cc(Cl)c(C(=O)CN(CC2CC(C)(C)C2)C(=O)c2cnn([C@H]3CC[C@](C)(C(=O)O)CC3)c2C(F)(F)F)c(Cl)c1. The highest BCUT2D eigenvalue weighted by Crippen LogP contribution is 2.46. The lowest BCUT2D eigenvalue weighted by atomic mass is 9.64. The number of methoxy groups -OCH3 is 1. The van der Waals surface area contributed by atoms with E-state index in [4.69, 9.17) is 27.9 Å². The van der Waals surface area contributed by atoms with Crippen LogP contribution in [0.2, 0.25) is 10.0 Å². The number of aromatic nitrogens is 2. The van der Waals surface area contributed by atoms with Gasteiger partial charge in [0.1, 0.15) is 5.75 Å². The summed E-state index contributed by atoms with van der Waals surface area (Å²) in [6, 6.07) is 2.06. The van der Waals surface area contributed by atoms with E-state index >= 15 is 0 Å². The molecule has 2 aliphatic carbocycles. The number of nitrogens with zero attached hydrogens (tertiary/aromatic N) is 3. The van der Waals surface area contributed by atoms with Gasteiger partial charge in [0.2, 0.25) is 0 Å². The number of alkyl halides is 3. The van der Waals surface area contributed by atoms with E-state index in [0.29, 0.717) is 5.75 Å². The van der Waals surface area contributed by atoms with Crippen molar-refractivity contribution in [2.24, 2.45) is 16.7 Å². The number of benzene rings is 1. The Bertz CT molecular complexity index is 1350. The van der Waals surface area contributed by atoms with Crippen molar-refractivity contribution in [3.63, 3.8) is 0 Å². The van der Waals surface area contributed by atoms with Crippen molar-refractivity contribution in [1.29, 1.82) is 0 Å². The summed E-state index contributed by atoms with van der Waals surface area (Å²) in [5.74, 6) is -2.28. The number of rotatable bonds is 9. The number of carbonyl (C=O) groups is 3. The number of ether oxygens (including phenoxy) is 1. The Morgan fingerprint density at radius 3 is 2.17 bits per heavy atom. The van der Waals surface area contributed by atoms with Crippen molar-refractivity contribution in [2.45, 2.75) is 71.5 Å². The Hall–Kier alpha value is -2.79. The van der Waals surface area contributed by atoms with E-state index in [0.717, 1.165) is 28.6 Å². The number of Topliss-reactive ketones (excluding diaryl/α,β-unsaturated/α-hetero) is 1. The fraction of sp³-hybridized carbons (Fsp3) is 0.586. The molecule has 4 rings (SSSR count). The van der Waals surface area contributed by atoms with Gasteiger partial charge in [-0.1, -0.05) is 37.0 Å². The van der Waals surface area contributed by atoms with Crippen molar-refractivity contribution in [3.05, 3.63) is 45.2 Å². The maximum absolute atomic E-state index is 14.5. The lowest BCUT2D eigenvalue weighted by Gasteiger charge is -2.44. The van der Waals surface area contributed by atoms with E-state index in [2.05, 4.69) is 18.9 Å².